The van der Waals surface area contributed by atoms with E-state index in [4.69, 9.17) is 33.1 Å². The van der Waals surface area contributed by atoms with E-state index in [-0.39, 0.29) is 39.2 Å². The summed E-state index contributed by atoms with van der Waals surface area (Å²) >= 11 is 0. The summed E-state index contributed by atoms with van der Waals surface area (Å²) in [5.41, 5.74) is -0.811. The summed E-state index contributed by atoms with van der Waals surface area (Å²) in [5, 5.41) is 81.0. The van der Waals surface area contributed by atoms with Crippen molar-refractivity contribution in [1.29, 1.82) is 0 Å². The first-order chi connectivity index (χ1) is 19.9. The lowest BCUT2D eigenvalue weighted by atomic mass is 9.97. The molecule has 0 spiro atoms. The highest BCUT2D eigenvalue weighted by Crippen LogP contribution is 2.37. The summed E-state index contributed by atoms with van der Waals surface area (Å²) < 4.78 is 27.5. The molecule has 2 aliphatic heterocycles. The van der Waals surface area contributed by atoms with Gasteiger partial charge in [0.25, 0.3) is 0 Å². The first kappa shape index (κ1) is 30.2. The predicted molar refractivity (Wildman–Crippen MR) is 137 cm³/mol. The fourth-order valence-corrected chi connectivity index (χ4v) is 4.83. The van der Waals surface area contributed by atoms with E-state index in [1.807, 2.05) is 0 Å². The van der Waals surface area contributed by atoms with Gasteiger partial charge in [0.2, 0.25) is 17.5 Å². The number of hydrogen-bond donors (Lipinski definition) is 8. The first-order valence-electron chi connectivity index (χ1n) is 12.8. The number of benzene rings is 2. The third-order valence-corrected chi connectivity index (χ3v) is 7.18. The maximum atomic E-state index is 13.1. The van der Waals surface area contributed by atoms with Crippen molar-refractivity contribution in [2.75, 3.05) is 13.7 Å². The van der Waals surface area contributed by atoms with Gasteiger partial charge in [-0.3, -0.25) is 4.79 Å². The van der Waals surface area contributed by atoms with Crippen LogP contribution in [0, 0.1) is 0 Å². The molecule has 230 valence electrons. The average molecular weight is 599 g/mol. The van der Waals surface area contributed by atoms with Crippen molar-refractivity contribution in [2.24, 2.45) is 0 Å². The normalized spacial score (nSPS) is 33.6. The van der Waals surface area contributed by atoms with E-state index < -0.39 is 79.2 Å². The standard InChI is InChI=1S/C26H30O16/c1-8-18(30)21(33)23(35)25(37-8)40-24-22(34)20(32)16(7-27)39-26(24)42-41-14-6-12-10(5-13(14)36-2)19(31)17-11(29)3-9(28)4-15(17)38-12/h3-6,8,16,18,20-30,32-35H,7H2,1-2H3. The van der Waals surface area contributed by atoms with Crippen molar-refractivity contribution in [1.82, 2.24) is 0 Å². The van der Waals surface area contributed by atoms with Gasteiger partial charge >= 0.3 is 0 Å². The third kappa shape index (κ3) is 5.33. The van der Waals surface area contributed by atoms with Gasteiger partial charge in [-0.15, -0.1) is 0 Å². The molecule has 0 amide bonds. The number of methoxy groups -OCH3 is 1. The van der Waals surface area contributed by atoms with Crippen LogP contribution in [0.4, 0.5) is 0 Å². The van der Waals surface area contributed by atoms with Gasteiger partial charge in [0.1, 0.15) is 70.8 Å². The minimum Gasteiger partial charge on any atom is -0.508 e. The molecule has 2 aromatic carbocycles. The highest BCUT2D eigenvalue weighted by Gasteiger charge is 2.51. The van der Waals surface area contributed by atoms with E-state index in [2.05, 4.69) is 0 Å². The molecule has 0 aliphatic carbocycles. The maximum absolute atomic E-state index is 13.1. The minimum absolute atomic E-state index is 0.0139. The fourth-order valence-electron chi connectivity index (χ4n) is 4.83. The maximum Gasteiger partial charge on any atom is 0.232 e. The molecule has 3 heterocycles. The van der Waals surface area contributed by atoms with E-state index >= 15 is 0 Å². The molecule has 2 fully saturated rings. The molecular weight excluding hydrogens is 568 g/mol. The molecule has 2 aliphatic rings. The Balaban J connectivity index is 1.45. The van der Waals surface area contributed by atoms with Gasteiger partial charge in [0, 0.05) is 18.2 Å². The number of phenolic OH excluding ortho intramolecular Hbond substituents is 2. The lowest BCUT2D eigenvalue weighted by molar-refractivity contribution is -0.413. The zero-order valence-corrected chi connectivity index (χ0v) is 22.1. The van der Waals surface area contributed by atoms with E-state index in [1.165, 1.54) is 26.2 Å². The smallest absolute Gasteiger partial charge is 0.232 e. The Bertz CT molecular complexity index is 1490. The molecule has 2 saturated heterocycles. The van der Waals surface area contributed by atoms with Crippen molar-refractivity contribution in [3.8, 4) is 23.0 Å². The van der Waals surface area contributed by atoms with Gasteiger partial charge in [0.15, 0.2) is 12.0 Å². The van der Waals surface area contributed by atoms with E-state index in [9.17, 15) is 45.6 Å². The lowest BCUT2D eigenvalue weighted by Crippen LogP contribution is -2.64. The zero-order valence-electron chi connectivity index (χ0n) is 22.1. The number of rotatable bonds is 7. The van der Waals surface area contributed by atoms with Crippen LogP contribution in [0.3, 0.4) is 0 Å². The summed E-state index contributed by atoms with van der Waals surface area (Å²) in [6, 6.07) is 4.57. The second kappa shape index (κ2) is 11.8. The second-order valence-electron chi connectivity index (χ2n) is 9.94. The number of ether oxygens (including phenoxy) is 4. The van der Waals surface area contributed by atoms with Crippen LogP contribution in [0.2, 0.25) is 0 Å². The summed E-state index contributed by atoms with van der Waals surface area (Å²) in [6.45, 7) is 0.667. The predicted octanol–water partition coefficient (Wildman–Crippen LogP) is -1.67. The van der Waals surface area contributed by atoms with E-state index in [0.29, 0.717) is 0 Å². The number of aromatic hydroxyl groups is 2. The Morgan fingerprint density at radius 1 is 0.833 bits per heavy atom. The first-order valence-corrected chi connectivity index (χ1v) is 12.8. The lowest BCUT2D eigenvalue weighted by Gasteiger charge is -2.45. The van der Waals surface area contributed by atoms with Crippen molar-refractivity contribution in [3.05, 3.63) is 34.5 Å². The molecule has 0 bridgehead atoms. The zero-order chi connectivity index (χ0) is 30.5. The van der Waals surface area contributed by atoms with Crippen LogP contribution in [0.15, 0.2) is 33.5 Å². The molecule has 16 heteroatoms. The molecule has 0 radical (unpaired) electrons. The van der Waals surface area contributed by atoms with Crippen molar-refractivity contribution in [3.63, 3.8) is 0 Å². The van der Waals surface area contributed by atoms with Crippen LogP contribution >= 0.6 is 0 Å². The van der Waals surface area contributed by atoms with E-state index in [1.54, 1.807) is 0 Å². The van der Waals surface area contributed by atoms with Crippen LogP contribution < -0.4 is 15.1 Å². The number of phenols is 2. The molecule has 1 aromatic heterocycles. The number of aliphatic hydroxyl groups excluding tert-OH is 6. The molecule has 5 rings (SSSR count). The van der Waals surface area contributed by atoms with Gasteiger partial charge in [-0.1, -0.05) is 0 Å². The van der Waals surface area contributed by atoms with E-state index in [0.717, 1.165) is 12.1 Å². The van der Waals surface area contributed by atoms with Crippen LogP contribution in [-0.4, -0.2) is 116 Å². The number of hydrogen-bond acceptors (Lipinski definition) is 16. The Hall–Kier alpha value is -3.29. The van der Waals surface area contributed by atoms with Crippen LogP contribution in [0.5, 0.6) is 23.0 Å². The van der Waals surface area contributed by atoms with Gasteiger partial charge in [0.05, 0.1) is 25.2 Å². The molecular formula is C26H30O16. The van der Waals surface area contributed by atoms with Gasteiger partial charge in [-0.2, -0.15) is 4.89 Å². The van der Waals surface area contributed by atoms with Crippen LogP contribution in [0.1, 0.15) is 6.92 Å². The topological polar surface area (TPSA) is 247 Å². The molecule has 8 N–H and O–H groups in total. The number of aliphatic hydroxyl groups is 6. The molecule has 10 unspecified atom stereocenters. The van der Waals surface area contributed by atoms with Gasteiger partial charge < -0.3 is 69.1 Å². The molecule has 0 saturated carbocycles. The summed E-state index contributed by atoms with van der Waals surface area (Å²) in [5.74, 6) is -1.07. The highest BCUT2D eigenvalue weighted by atomic mass is 17.2. The second-order valence-corrected chi connectivity index (χ2v) is 9.94. The van der Waals surface area contributed by atoms with Crippen molar-refractivity contribution in [2.45, 2.75) is 68.3 Å². The Labute approximate surface area is 235 Å². The Morgan fingerprint density at radius 2 is 1.57 bits per heavy atom. The van der Waals surface area contributed by atoms with Gasteiger partial charge in [-0.05, 0) is 13.0 Å². The summed E-state index contributed by atoms with van der Waals surface area (Å²) in [6.07, 6.45) is -15.6. The highest BCUT2D eigenvalue weighted by molar-refractivity contribution is 5.94. The molecule has 16 nitrogen and oxygen atoms in total. The average Bonchev–Trinajstić information content (AvgIpc) is 2.95. The third-order valence-electron chi connectivity index (χ3n) is 7.18. The molecule has 10 atom stereocenters. The largest absolute Gasteiger partial charge is 0.508 e. The molecule has 3 aromatic rings. The van der Waals surface area contributed by atoms with Crippen molar-refractivity contribution >= 4 is 21.9 Å². The fraction of sp³-hybridized carbons (Fsp3) is 0.500. The van der Waals surface area contributed by atoms with Gasteiger partial charge in [-0.25, -0.2) is 0 Å². The summed E-state index contributed by atoms with van der Waals surface area (Å²) in [4.78, 5) is 23.8. The minimum atomic E-state index is -1.79. The van der Waals surface area contributed by atoms with Crippen molar-refractivity contribution < 1.29 is 74.0 Å². The Kier molecular flexibility index (Phi) is 8.46. The molecule has 42 heavy (non-hydrogen) atoms. The quantitative estimate of drug-likeness (QED) is 0.0860. The van der Waals surface area contributed by atoms with Crippen LogP contribution in [0.25, 0.3) is 21.9 Å². The van der Waals surface area contributed by atoms with Crippen LogP contribution in [-0.2, 0) is 19.1 Å². The Morgan fingerprint density at radius 3 is 2.26 bits per heavy atom. The monoisotopic (exact) mass is 598 g/mol. The summed E-state index contributed by atoms with van der Waals surface area (Å²) in [7, 11) is 1.26. The SMILES string of the molecule is COc1cc2c(=O)c3c(O)cc(O)cc3oc2cc1OOC1OC(CO)C(O)C(O)C1OC1OC(C)C(O)C(O)C1O. The number of fused-ring (bicyclic) bond motifs is 2.